The average Bonchev–Trinajstić information content (AvgIpc) is 2.52. The predicted octanol–water partition coefficient (Wildman–Crippen LogP) is 3.77. The molecule has 114 valence electrons. The molecule has 0 aliphatic rings. The van der Waals surface area contributed by atoms with Gasteiger partial charge < -0.3 is 9.47 Å². The van der Waals surface area contributed by atoms with Crippen LogP contribution in [0.4, 0.5) is 0 Å². The molecule has 0 unspecified atom stereocenters. The number of allylic oxidation sites excluding steroid dienone is 1. The van der Waals surface area contributed by atoms with Gasteiger partial charge in [0.25, 0.3) is 0 Å². The molecule has 4 nitrogen and oxygen atoms in total. The largest absolute Gasteiger partial charge is 0.462 e. The number of esters is 2. The predicted molar refractivity (Wildman–Crippen MR) is 81.3 cm³/mol. The topological polar surface area (TPSA) is 52.6 Å². The lowest BCUT2D eigenvalue weighted by atomic mass is 10.1. The number of benzene rings is 1. The van der Waals surface area contributed by atoms with Crippen LogP contribution in [-0.4, -0.2) is 25.2 Å². The molecule has 0 spiro atoms. The zero-order chi connectivity index (χ0) is 15.5. The second-order valence-electron chi connectivity index (χ2n) is 4.49. The monoisotopic (exact) mass is 290 g/mol. The Hall–Kier alpha value is -2.10. The third-order valence-corrected chi connectivity index (χ3v) is 2.72. The fraction of sp³-hybridized carbons (Fsp3) is 0.412. The molecule has 0 fully saturated rings. The van der Waals surface area contributed by atoms with Gasteiger partial charge in [-0.3, -0.25) is 0 Å². The SMILES string of the molecule is CC/C=C\CCOC(=O)c1ccccc1C(=O)OCCC. The molecule has 0 aliphatic carbocycles. The molecule has 0 saturated heterocycles. The van der Waals surface area contributed by atoms with Crippen molar-refractivity contribution in [2.75, 3.05) is 13.2 Å². The molecule has 0 saturated carbocycles. The third kappa shape index (κ3) is 5.81. The number of rotatable bonds is 8. The molecule has 0 bridgehead atoms. The van der Waals surface area contributed by atoms with Crippen LogP contribution in [0.25, 0.3) is 0 Å². The highest BCUT2D eigenvalue weighted by Gasteiger charge is 2.18. The zero-order valence-corrected chi connectivity index (χ0v) is 12.6. The summed E-state index contributed by atoms with van der Waals surface area (Å²) >= 11 is 0. The van der Waals surface area contributed by atoms with Crippen LogP contribution in [0.1, 0.15) is 53.8 Å². The van der Waals surface area contributed by atoms with E-state index in [9.17, 15) is 9.59 Å². The van der Waals surface area contributed by atoms with Crippen LogP contribution in [0.15, 0.2) is 36.4 Å². The summed E-state index contributed by atoms with van der Waals surface area (Å²) in [6.07, 6.45) is 6.35. The molecular formula is C17H22O4. The molecule has 0 heterocycles. The summed E-state index contributed by atoms with van der Waals surface area (Å²) < 4.78 is 10.2. The maximum atomic E-state index is 12.0. The first-order valence-corrected chi connectivity index (χ1v) is 7.29. The molecule has 0 aliphatic heterocycles. The van der Waals surface area contributed by atoms with Gasteiger partial charge in [-0.05, 0) is 31.4 Å². The van der Waals surface area contributed by atoms with E-state index in [0.717, 1.165) is 12.8 Å². The standard InChI is InChI=1S/C17H22O4/c1-3-5-6-9-13-21-17(19)15-11-8-7-10-14(15)16(18)20-12-4-2/h5-8,10-11H,3-4,9,12-13H2,1-2H3/b6-5-. The van der Waals surface area contributed by atoms with Crippen LogP contribution < -0.4 is 0 Å². The number of carbonyl (C=O) groups is 2. The number of carbonyl (C=O) groups excluding carboxylic acids is 2. The van der Waals surface area contributed by atoms with E-state index in [2.05, 4.69) is 0 Å². The third-order valence-electron chi connectivity index (χ3n) is 2.72. The minimum absolute atomic E-state index is 0.248. The van der Waals surface area contributed by atoms with Crippen molar-refractivity contribution < 1.29 is 19.1 Å². The van der Waals surface area contributed by atoms with Gasteiger partial charge in [0.1, 0.15) is 0 Å². The van der Waals surface area contributed by atoms with E-state index in [0.29, 0.717) is 19.6 Å². The van der Waals surface area contributed by atoms with Gasteiger partial charge in [-0.2, -0.15) is 0 Å². The lowest BCUT2D eigenvalue weighted by Gasteiger charge is -2.08. The first-order valence-electron chi connectivity index (χ1n) is 7.29. The molecule has 4 heteroatoms. The van der Waals surface area contributed by atoms with Gasteiger partial charge in [-0.25, -0.2) is 9.59 Å². The molecule has 21 heavy (non-hydrogen) atoms. The first kappa shape index (κ1) is 17.0. The Balaban J connectivity index is 2.66. The Bertz CT molecular complexity index is 491. The van der Waals surface area contributed by atoms with E-state index in [-0.39, 0.29) is 11.1 Å². The Kier molecular flexibility index (Phi) is 7.87. The molecule has 0 aromatic heterocycles. The lowest BCUT2D eigenvalue weighted by Crippen LogP contribution is -2.14. The van der Waals surface area contributed by atoms with E-state index in [1.165, 1.54) is 0 Å². The Labute approximate surface area is 125 Å². The summed E-state index contributed by atoms with van der Waals surface area (Å²) in [5, 5.41) is 0. The summed E-state index contributed by atoms with van der Waals surface area (Å²) in [7, 11) is 0. The lowest BCUT2D eigenvalue weighted by molar-refractivity contribution is 0.0461. The van der Waals surface area contributed by atoms with Crippen LogP contribution in [0.3, 0.4) is 0 Å². The fourth-order valence-corrected chi connectivity index (χ4v) is 1.69. The number of hydrogen-bond donors (Lipinski definition) is 0. The fourth-order valence-electron chi connectivity index (χ4n) is 1.69. The molecule has 0 radical (unpaired) electrons. The van der Waals surface area contributed by atoms with Crippen molar-refractivity contribution >= 4 is 11.9 Å². The van der Waals surface area contributed by atoms with Crippen molar-refractivity contribution in [1.82, 2.24) is 0 Å². The molecule has 1 rings (SSSR count). The van der Waals surface area contributed by atoms with Crippen molar-refractivity contribution in [3.63, 3.8) is 0 Å². The van der Waals surface area contributed by atoms with Crippen LogP contribution in [-0.2, 0) is 9.47 Å². The highest BCUT2D eigenvalue weighted by Crippen LogP contribution is 2.12. The summed E-state index contributed by atoms with van der Waals surface area (Å²) in [5.41, 5.74) is 0.498. The summed E-state index contributed by atoms with van der Waals surface area (Å²) in [5.74, 6) is -0.987. The summed E-state index contributed by atoms with van der Waals surface area (Å²) in [6, 6.07) is 6.55. The Morgan fingerprint density at radius 2 is 1.52 bits per heavy atom. The van der Waals surface area contributed by atoms with Gasteiger partial charge in [-0.15, -0.1) is 0 Å². The molecule has 1 aromatic rings. The van der Waals surface area contributed by atoms with E-state index in [1.807, 2.05) is 26.0 Å². The van der Waals surface area contributed by atoms with Crippen molar-refractivity contribution in [3.05, 3.63) is 47.5 Å². The smallest absolute Gasteiger partial charge is 0.339 e. The molecule has 0 atom stereocenters. The van der Waals surface area contributed by atoms with Crippen molar-refractivity contribution in [2.24, 2.45) is 0 Å². The van der Waals surface area contributed by atoms with E-state index >= 15 is 0 Å². The average molecular weight is 290 g/mol. The summed E-state index contributed by atoms with van der Waals surface area (Å²) in [4.78, 5) is 23.9. The van der Waals surface area contributed by atoms with E-state index in [1.54, 1.807) is 24.3 Å². The van der Waals surface area contributed by atoms with Gasteiger partial charge in [0.05, 0.1) is 24.3 Å². The van der Waals surface area contributed by atoms with Crippen LogP contribution in [0, 0.1) is 0 Å². The maximum absolute atomic E-state index is 12.0. The maximum Gasteiger partial charge on any atom is 0.339 e. The minimum Gasteiger partial charge on any atom is -0.462 e. The van der Waals surface area contributed by atoms with Crippen molar-refractivity contribution in [1.29, 1.82) is 0 Å². The number of hydrogen-bond acceptors (Lipinski definition) is 4. The van der Waals surface area contributed by atoms with Crippen molar-refractivity contribution in [2.45, 2.75) is 33.1 Å². The van der Waals surface area contributed by atoms with Gasteiger partial charge >= 0.3 is 11.9 Å². The van der Waals surface area contributed by atoms with Gasteiger partial charge in [0, 0.05) is 0 Å². The minimum atomic E-state index is -0.496. The first-order chi connectivity index (χ1) is 10.2. The van der Waals surface area contributed by atoms with E-state index in [4.69, 9.17) is 9.47 Å². The second kappa shape index (κ2) is 9.75. The quantitative estimate of drug-likeness (QED) is 0.415. The van der Waals surface area contributed by atoms with Crippen LogP contribution >= 0.6 is 0 Å². The van der Waals surface area contributed by atoms with Crippen molar-refractivity contribution in [3.8, 4) is 0 Å². The molecule has 0 N–H and O–H groups in total. The van der Waals surface area contributed by atoms with Gasteiger partial charge in [0.2, 0.25) is 0 Å². The van der Waals surface area contributed by atoms with E-state index < -0.39 is 11.9 Å². The van der Waals surface area contributed by atoms with Gasteiger partial charge in [-0.1, -0.05) is 38.1 Å². The molecule has 0 amide bonds. The highest BCUT2D eigenvalue weighted by atomic mass is 16.5. The van der Waals surface area contributed by atoms with Crippen LogP contribution in [0.5, 0.6) is 0 Å². The number of ether oxygens (including phenoxy) is 2. The molecule has 1 aromatic carbocycles. The Morgan fingerprint density at radius 1 is 0.952 bits per heavy atom. The van der Waals surface area contributed by atoms with Crippen LogP contribution in [0.2, 0.25) is 0 Å². The summed E-state index contributed by atoms with van der Waals surface area (Å²) in [6.45, 7) is 4.59. The normalized spacial score (nSPS) is 10.6. The second-order valence-corrected chi connectivity index (χ2v) is 4.49. The Morgan fingerprint density at radius 3 is 2.05 bits per heavy atom. The highest BCUT2D eigenvalue weighted by molar-refractivity contribution is 6.03. The zero-order valence-electron chi connectivity index (χ0n) is 12.6. The molecular weight excluding hydrogens is 268 g/mol. The van der Waals surface area contributed by atoms with Gasteiger partial charge in [0.15, 0.2) is 0 Å².